The van der Waals surface area contributed by atoms with Crippen molar-refractivity contribution in [2.75, 3.05) is 7.05 Å². The van der Waals surface area contributed by atoms with Crippen molar-refractivity contribution in [2.24, 2.45) is 0 Å². The van der Waals surface area contributed by atoms with E-state index in [1.54, 1.807) is 7.05 Å². The van der Waals surface area contributed by atoms with Gasteiger partial charge in [0.15, 0.2) is 0 Å². The van der Waals surface area contributed by atoms with Gasteiger partial charge in [-0.1, -0.05) is 0 Å². The lowest BCUT2D eigenvalue weighted by molar-refractivity contribution is 0.121. The minimum atomic E-state index is -0.800. The van der Waals surface area contributed by atoms with Crippen molar-refractivity contribution in [3.05, 3.63) is 0 Å². The average Bonchev–Trinajstić information content (AvgIpc) is 2.44. The van der Waals surface area contributed by atoms with Crippen LogP contribution in [0.3, 0.4) is 0 Å². The highest BCUT2D eigenvalue weighted by molar-refractivity contribution is 5.65. The molecule has 2 bridgehead atoms. The molecule has 0 aromatic carbocycles. The number of hydrogen-bond donors (Lipinski definition) is 2. The first-order chi connectivity index (χ1) is 6.16. The molecule has 0 spiro atoms. The van der Waals surface area contributed by atoms with Gasteiger partial charge in [0.1, 0.15) is 0 Å². The molecule has 0 aliphatic carbocycles. The molecule has 0 radical (unpaired) electrons. The number of nitrogens with zero attached hydrogens (tertiary/aromatic N) is 1. The summed E-state index contributed by atoms with van der Waals surface area (Å²) in [4.78, 5) is 12.2. The van der Waals surface area contributed by atoms with Crippen LogP contribution in [0.5, 0.6) is 0 Å². The van der Waals surface area contributed by atoms with Crippen LogP contribution in [0.4, 0.5) is 4.79 Å². The summed E-state index contributed by atoms with van der Waals surface area (Å²) in [6, 6.07) is 1.35. The molecule has 13 heavy (non-hydrogen) atoms. The summed E-state index contributed by atoms with van der Waals surface area (Å²) in [7, 11) is 1.68. The Morgan fingerprint density at radius 1 is 1.38 bits per heavy atom. The molecular formula is C9H16N2O2. The van der Waals surface area contributed by atoms with Gasteiger partial charge in [-0.2, -0.15) is 0 Å². The van der Waals surface area contributed by atoms with Gasteiger partial charge in [0.2, 0.25) is 0 Å². The van der Waals surface area contributed by atoms with Gasteiger partial charge in [-0.15, -0.1) is 0 Å². The maximum absolute atomic E-state index is 10.7. The summed E-state index contributed by atoms with van der Waals surface area (Å²) in [6.45, 7) is 0. The summed E-state index contributed by atoms with van der Waals surface area (Å²) < 4.78 is 0. The first-order valence-corrected chi connectivity index (χ1v) is 4.88. The molecule has 0 aromatic rings. The molecule has 4 nitrogen and oxygen atoms in total. The van der Waals surface area contributed by atoms with Crippen molar-refractivity contribution < 1.29 is 9.90 Å². The highest BCUT2D eigenvalue weighted by Crippen LogP contribution is 2.29. The van der Waals surface area contributed by atoms with E-state index in [-0.39, 0.29) is 6.04 Å². The summed E-state index contributed by atoms with van der Waals surface area (Å²) >= 11 is 0. The van der Waals surface area contributed by atoms with Gasteiger partial charge in [-0.3, -0.25) is 0 Å². The van der Waals surface area contributed by atoms with Crippen molar-refractivity contribution >= 4 is 6.09 Å². The number of carboxylic acid groups (broad SMARTS) is 1. The Labute approximate surface area is 77.9 Å². The SMILES string of the molecule is CN(C(=O)O)C1C[C@H]2CC[C@@H](C1)N2. The number of nitrogens with one attached hydrogen (secondary N) is 1. The lowest BCUT2D eigenvalue weighted by atomic mass is 9.99. The number of rotatable bonds is 1. The van der Waals surface area contributed by atoms with Gasteiger partial charge >= 0.3 is 6.09 Å². The molecule has 2 fully saturated rings. The van der Waals surface area contributed by atoms with E-state index in [4.69, 9.17) is 5.11 Å². The van der Waals surface area contributed by atoms with Crippen LogP contribution in [-0.2, 0) is 0 Å². The molecule has 2 heterocycles. The molecule has 2 aliphatic rings. The van der Waals surface area contributed by atoms with Gasteiger partial charge in [0.05, 0.1) is 0 Å². The fourth-order valence-electron chi connectivity index (χ4n) is 2.50. The van der Waals surface area contributed by atoms with E-state index in [2.05, 4.69) is 5.32 Å². The number of piperidine rings is 1. The predicted octanol–water partition coefficient (Wildman–Crippen LogP) is 0.879. The summed E-state index contributed by atoms with van der Waals surface area (Å²) in [5.41, 5.74) is 0. The Morgan fingerprint density at radius 2 is 1.92 bits per heavy atom. The normalized spacial score (nSPS) is 37.5. The Hall–Kier alpha value is -0.770. The lowest BCUT2D eigenvalue weighted by Gasteiger charge is -2.33. The number of amides is 1. The molecule has 2 aliphatic heterocycles. The van der Waals surface area contributed by atoms with Crippen LogP contribution in [0, 0.1) is 0 Å². The van der Waals surface area contributed by atoms with Crippen LogP contribution in [-0.4, -0.2) is 41.3 Å². The van der Waals surface area contributed by atoms with Gasteiger partial charge in [-0.05, 0) is 25.7 Å². The molecule has 74 valence electrons. The highest BCUT2D eigenvalue weighted by Gasteiger charge is 2.36. The van der Waals surface area contributed by atoms with E-state index >= 15 is 0 Å². The van der Waals surface area contributed by atoms with Gasteiger partial charge in [0, 0.05) is 25.2 Å². The van der Waals surface area contributed by atoms with E-state index in [0.717, 1.165) is 12.8 Å². The Balaban J connectivity index is 1.98. The molecule has 2 saturated heterocycles. The molecule has 2 N–H and O–H groups in total. The molecule has 2 rings (SSSR count). The first kappa shape index (κ1) is 8.81. The lowest BCUT2D eigenvalue weighted by Crippen LogP contribution is -2.48. The monoisotopic (exact) mass is 184 g/mol. The van der Waals surface area contributed by atoms with E-state index in [1.165, 1.54) is 17.7 Å². The van der Waals surface area contributed by atoms with E-state index in [0.29, 0.717) is 12.1 Å². The first-order valence-electron chi connectivity index (χ1n) is 4.88. The van der Waals surface area contributed by atoms with E-state index in [9.17, 15) is 4.79 Å². The third-order valence-corrected chi connectivity index (χ3v) is 3.30. The van der Waals surface area contributed by atoms with Crippen molar-refractivity contribution in [1.29, 1.82) is 0 Å². The van der Waals surface area contributed by atoms with Crippen LogP contribution in [0.15, 0.2) is 0 Å². The van der Waals surface area contributed by atoms with Gasteiger partial charge < -0.3 is 15.3 Å². The molecular weight excluding hydrogens is 168 g/mol. The van der Waals surface area contributed by atoms with E-state index < -0.39 is 6.09 Å². The second-order valence-electron chi connectivity index (χ2n) is 4.16. The van der Waals surface area contributed by atoms with Gasteiger partial charge in [0.25, 0.3) is 0 Å². The summed E-state index contributed by atoms with van der Waals surface area (Å²) in [5.74, 6) is 0. The molecule has 4 heteroatoms. The maximum atomic E-state index is 10.7. The Morgan fingerprint density at radius 3 is 2.38 bits per heavy atom. The topological polar surface area (TPSA) is 52.6 Å². The Bertz CT molecular complexity index is 208. The van der Waals surface area contributed by atoms with Crippen LogP contribution < -0.4 is 5.32 Å². The van der Waals surface area contributed by atoms with Crippen LogP contribution in [0.1, 0.15) is 25.7 Å². The fourth-order valence-corrected chi connectivity index (χ4v) is 2.50. The average molecular weight is 184 g/mol. The second kappa shape index (κ2) is 3.18. The molecule has 0 aromatic heterocycles. The zero-order valence-electron chi connectivity index (χ0n) is 7.86. The minimum Gasteiger partial charge on any atom is -0.465 e. The predicted molar refractivity (Wildman–Crippen MR) is 48.8 cm³/mol. The zero-order valence-corrected chi connectivity index (χ0v) is 7.86. The molecule has 1 unspecified atom stereocenters. The standard InChI is InChI=1S/C9H16N2O2/c1-11(9(12)13)8-4-6-2-3-7(5-8)10-6/h6-8,10H,2-5H2,1H3,(H,12,13)/t6-,7+,8?. The third-order valence-electron chi connectivity index (χ3n) is 3.30. The number of hydrogen-bond acceptors (Lipinski definition) is 2. The molecule has 3 atom stereocenters. The smallest absolute Gasteiger partial charge is 0.407 e. The van der Waals surface area contributed by atoms with Crippen LogP contribution in [0.2, 0.25) is 0 Å². The summed E-state index contributed by atoms with van der Waals surface area (Å²) in [5, 5.41) is 12.3. The molecule has 0 saturated carbocycles. The molecule has 1 amide bonds. The fraction of sp³-hybridized carbons (Fsp3) is 0.889. The number of carbonyl (C=O) groups is 1. The van der Waals surface area contributed by atoms with Gasteiger partial charge in [-0.25, -0.2) is 4.79 Å². The van der Waals surface area contributed by atoms with Crippen molar-refractivity contribution in [3.8, 4) is 0 Å². The Kier molecular flexibility index (Phi) is 2.15. The van der Waals surface area contributed by atoms with Crippen molar-refractivity contribution in [1.82, 2.24) is 10.2 Å². The quantitative estimate of drug-likeness (QED) is 0.636. The van der Waals surface area contributed by atoms with Crippen LogP contribution in [0.25, 0.3) is 0 Å². The highest BCUT2D eigenvalue weighted by atomic mass is 16.4. The summed E-state index contributed by atoms with van der Waals surface area (Å²) in [6.07, 6.45) is 3.60. The third kappa shape index (κ3) is 1.63. The van der Waals surface area contributed by atoms with Crippen molar-refractivity contribution in [3.63, 3.8) is 0 Å². The van der Waals surface area contributed by atoms with Crippen LogP contribution >= 0.6 is 0 Å². The maximum Gasteiger partial charge on any atom is 0.407 e. The number of fused-ring (bicyclic) bond motifs is 2. The minimum absolute atomic E-state index is 0.233. The second-order valence-corrected chi connectivity index (χ2v) is 4.16. The largest absolute Gasteiger partial charge is 0.465 e. The van der Waals surface area contributed by atoms with Crippen molar-refractivity contribution in [2.45, 2.75) is 43.8 Å². The zero-order chi connectivity index (χ0) is 9.42. The van der Waals surface area contributed by atoms with E-state index in [1.807, 2.05) is 0 Å².